The SMILES string of the molecule is COc1ccc(S(=O)(=O)N2CCC[C@H]2C(=O)NCCCc2[nH]nc(N)c2C#N)cc1. The van der Waals surface area contributed by atoms with Gasteiger partial charge in [-0.25, -0.2) is 8.42 Å². The summed E-state index contributed by atoms with van der Waals surface area (Å²) in [5.74, 6) is 0.388. The Bertz CT molecular complexity index is 1040. The van der Waals surface area contributed by atoms with Gasteiger partial charge in [0.15, 0.2) is 5.82 Å². The molecule has 1 aromatic carbocycles. The number of methoxy groups -OCH3 is 1. The number of amides is 1. The lowest BCUT2D eigenvalue weighted by Gasteiger charge is -2.23. The Labute approximate surface area is 175 Å². The second kappa shape index (κ2) is 9.15. The molecule has 1 aromatic heterocycles. The molecule has 4 N–H and O–H groups in total. The fraction of sp³-hybridized carbons (Fsp3) is 0.421. The second-order valence-corrected chi connectivity index (χ2v) is 8.81. The van der Waals surface area contributed by atoms with Crippen LogP contribution in [0.3, 0.4) is 0 Å². The minimum atomic E-state index is -3.78. The van der Waals surface area contributed by atoms with Gasteiger partial charge in [0, 0.05) is 13.1 Å². The number of sulfonamides is 1. The zero-order valence-corrected chi connectivity index (χ0v) is 17.4. The van der Waals surface area contributed by atoms with Crippen LogP contribution in [0.25, 0.3) is 0 Å². The van der Waals surface area contributed by atoms with Gasteiger partial charge in [0.1, 0.15) is 23.4 Å². The van der Waals surface area contributed by atoms with E-state index < -0.39 is 16.1 Å². The van der Waals surface area contributed by atoms with Crippen molar-refractivity contribution in [1.29, 1.82) is 5.26 Å². The third kappa shape index (κ3) is 4.39. The number of carbonyl (C=O) groups is 1. The van der Waals surface area contributed by atoms with Crippen molar-refractivity contribution in [2.75, 3.05) is 25.9 Å². The number of nitrogens with zero attached hydrogens (tertiary/aromatic N) is 3. The molecule has 0 unspecified atom stereocenters. The van der Waals surface area contributed by atoms with Crippen LogP contribution >= 0.6 is 0 Å². The highest BCUT2D eigenvalue weighted by Crippen LogP contribution is 2.27. The van der Waals surface area contributed by atoms with Crippen molar-refractivity contribution in [2.24, 2.45) is 0 Å². The van der Waals surface area contributed by atoms with Crippen LogP contribution in [0.1, 0.15) is 30.5 Å². The third-order valence-corrected chi connectivity index (χ3v) is 6.98. The molecular weight excluding hydrogens is 408 g/mol. The molecule has 11 heteroatoms. The summed E-state index contributed by atoms with van der Waals surface area (Å²) >= 11 is 0. The van der Waals surface area contributed by atoms with Crippen LogP contribution in [-0.2, 0) is 21.2 Å². The highest BCUT2D eigenvalue weighted by atomic mass is 32.2. The number of ether oxygens (including phenoxy) is 1. The molecule has 1 atom stereocenters. The van der Waals surface area contributed by atoms with Crippen LogP contribution in [0, 0.1) is 11.3 Å². The van der Waals surface area contributed by atoms with E-state index in [0.29, 0.717) is 55.8 Å². The maximum absolute atomic E-state index is 13.0. The topological polar surface area (TPSA) is 154 Å². The molecule has 0 radical (unpaired) electrons. The van der Waals surface area contributed by atoms with Crippen molar-refractivity contribution in [3.05, 3.63) is 35.5 Å². The zero-order valence-electron chi connectivity index (χ0n) is 16.6. The number of aromatic nitrogens is 2. The number of nitrogens with one attached hydrogen (secondary N) is 2. The Morgan fingerprint density at radius 1 is 1.43 bits per heavy atom. The van der Waals surface area contributed by atoms with Gasteiger partial charge >= 0.3 is 0 Å². The maximum Gasteiger partial charge on any atom is 0.243 e. The molecule has 2 heterocycles. The molecule has 30 heavy (non-hydrogen) atoms. The second-order valence-electron chi connectivity index (χ2n) is 6.92. The van der Waals surface area contributed by atoms with E-state index in [2.05, 4.69) is 15.5 Å². The summed E-state index contributed by atoms with van der Waals surface area (Å²) in [5.41, 5.74) is 6.54. The number of hydrogen-bond donors (Lipinski definition) is 3. The van der Waals surface area contributed by atoms with Crippen molar-refractivity contribution >= 4 is 21.7 Å². The summed E-state index contributed by atoms with van der Waals surface area (Å²) < 4.78 is 32.3. The Kier molecular flexibility index (Phi) is 6.59. The van der Waals surface area contributed by atoms with E-state index in [-0.39, 0.29) is 16.6 Å². The summed E-state index contributed by atoms with van der Waals surface area (Å²) in [6, 6.07) is 7.37. The molecule has 1 amide bonds. The van der Waals surface area contributed by atoms with Gasteiger partial charge in [-0.05, 0) is 49.9 Å². The van der Waals surface area contributed by atoms with Gasteiger partial charge in [-0.3, -0.25) is 9.89 Å². The Morgan fingerprint density at radius 2 is 2.17 bits per heavy atom. The first-order valence-electron chi connectivity index (χ1n) is 9.55. The van der Waals surface area contributed by atoms with Gasteiger partial charge in [0.05, 0.1) is 17.7 Å². The highest BCUT2D eigenvalue weighted by molar-refractivity contribution is 7.89. The monoisotopic (exact) mass is 432 g/mol. The number of hydrogen-bond acceptors (Lipinski definition) is 7. The van der Waals surface area contributed by atoms with E-state index in [1.165, 1.54) is 23.5 Å². The van der Waals surface area contributed by atoms with E-state index in [9.17, 15) is 13.2 Å². The van der Waals surface area contributed by atoms with Crippen LogP contribution in [0.2, 0.25) is 0 Å². The van der Waals surface area contributed by atoms with Crippen molar-refractivity contribution in [3.8, 4) is 11.8 Å². The first kappa shape index (κ1) is 21.6. The predicted molar refractivity (Wildman–Crippen MR) is 109 cm³/mol. The van der Waals surface area contributed by atoms with Crippen molar-refractivity contribution in [3.63, 3.8) is 0 Å². The van der Waals surface area contributed by atoms with E-state index in [0.717, 1.165) is 0 Å². The lowest BCUT2D eigenvalue weighted by molar-refractivity contribution is -0.124. The molecule has 0 bridgehead atoms. The smallest absolute Gasteiger partial charge is 0.243 e. The largest absolute Gasteiger partial charge is 0.497 e. The van der Waals surface area contributed by atoms with Crippen molar-refractivity contribution < 1.29 is 17.9 Å². The van der Waals surface area contributed by atoms with E-state index >= 15 is 0 Å². The van der Waals surface area contributed by atoms with Gasteiger partial charge < -0.3 is 15.8 Å². The molecule has 0 aliphatic carbocycles. The summed E-state index contributed by atoms with van der Waals surface area (Å²) in [4.78, 5) is 12.8. The molecule has 1 aliphatic heterocycles. The van der Waals surface area contributed by atoms with Gasteiger partial charge in [-0.1, -0.05) is 0 Å². The van der Waals surface area contributed by atoms with Gasteiger partial charge in [-0.2, -0.15) is 14.7 Å². The zero-order chi connectivity index (χ0) is 21.7. The number of rotatable bonds is 8. The van der Waals surface area contributed by atoms with Crippen LogP contribution in [0.4, 0.5) is 5.82 Å². The van der Waals surface area contributed by atoms with Gasteiger partial charge in [0.2, 0.25) is 15.9 Å². The minimum absolute atomic E-state index is 0.129. The number of carbonyl (C=O) groups excluding carboxylic acids is 1. The first-order valence-corrected chi connectivity index (χ1v) is 11.0. The highest BCUT2D eigenvalue weighted by Gasteiger charge is 2.39. The minimum Gasteiger partial charge on any atom is -0.497 e. The van der Waals surface area contributed by atoms with Crippen LogP contribution in [0.15, 0.2) is 29.2 Å². The molecule has 160 valence electrons. The molecule has 2 aromatic rings. The van der Waals surface area contributed by atoms with Crippen LogP contribution in [-0.4, -0.2) is 55.1 Å². The van der Waals surface area contributed by atoms with Crippen LogP contribution in [0.5, 0.6) is 5.75 Å². The Hall–Kier alpha value is -3.10. The number of nitriles is 1. The average molecular weight is 433 g/mol. The molecule has 0 spiro atoms. The Balaban J connectivity index is 1.59. The summed E-state index contributed by atoms with van der Waals surface area (Å²) in [7, 11) is -2.28. The summed E-state index contributed by atoms with van der Waals surface area (Å²) in [6.07, 6.45) is 2.13. The third-order valence-electron chi connectivity index (χ3n) is 5.06. The molecular formula is C19H24N6O4S. The summed E-state index contributed by atoms with van der Waals surface area (Å²) in [5, 5.41) is 18.4. The predicted octanol–water partition coefficient (Wildman–Crippen LogP) is 0.774. The van der Waals surface area contributed by atoms with Crippen molar-refractivity contribution in [1.82, 2.24) is 19.8 Å². The molecule has 1 saturated heterocycles. The first-order chi connectivity index (χ1) is 14.4. The van der Waals surface area contributed by atoms with E-state index in [1.54, 1.807) is 12.1 Å². The molecule has 1 fully saturated rings. The fourth-order valence-electron chi connectivity index (χ4n) is 3.47. The molecule has 1 aliphatic rings. The number of anilines is 1. The number of aromatic amines is 1. The van der Waals surface area contributed by atoms with Gasteiger partial charge in [-0.15, -0.1) is 0 Å². The fourth-order valence-corrected chi connectivity index (χ4v) is 5.12. The Morgan fingerprint density at radius 3 is 2.83 bits per heavy atom. The quantitative estimate of drug-likeness (QED) is 0.521. The van der Waals surface area contributed by atoms with E-state index in [1.807, 2.05) is 6.07 Å². The van der Waals surface area contributed by atoms with Crippen molar-refractivity contribution in [2.45, 2.75) is 36.6 Å². The number of benzene rings is 1. The lowest BCUT2D eigenvalue weighted by Crippen LogP contribution is -2.46. The average Bonchev–Trinajstić information content (AvgIpc) is 3.38. The number of H-pyrrole nitrogens is 1. The van der Waals surface area contributed by atoms with E-state index in [4.69, 9.17) is 15.7 Å². The number of nitrogen functional groups attached to an aromatic ring is 1. The lowest BCUT2D eigenvalue weighted by atomic mass is 10.1. The molecule has 10 nitrogen and oxygen atoms in total. The standard InChI is InChI=1S/C19H24N6O4S/c1-29-13-6-8-14(9-7-13)30(27,28)25-11-3-5-17(25)19(26)22-10-2-4-16-15(12-20)18(21)24-23-16/h6-9,17H,2-5,10-11H2,1H3,(H,22,26)(H3,21,23,24)/t17-/m0/s1. The normalized spacial score (nSPS) is 16.9. The molecule has 3 rings (SSSR count). The van der Waals surface area contributed by atoms with Gasteiger partial charge in [0.25, 0.3) is 0 Å². The summed E-state index contributed by atoms with van der Waals surface area (Å²) in [6.45, 7) is 0.640. The number of aryl methyl sites for hydroxylation is 1. The molecule has 0 saturated carbocycles. The number of nitrogens with two attached hydrogens (primary N) is 1. The maximum atomic E-state index is 13.0. The van der Waals surface area contributed by atoms with Crippen LogP contribution < -0.4 is 15.8 Å².